The molecule has 0 radical (unpaired) electrons. The van der Waals surface area contributed by atoms with Crippen LogP contribution in [0.25, 0.3) is 0 Å². The maximum Gasteiger partial charge on any atom is 0.116 e. The van der Waals surface area contributed by atoms with Crippen molar-refractivity contribution in [1.82, 2.24) is 0 Å². The first-order chi connectivity index (χ1) is 6.35. The molecule has 1 rings (SSSR count). The SMILES string of the molecule is CC=O.CCCCCc1cccs1. The van der Waals surface area contributed by atoms with Crippen molar-refractivity contribution in [2.75, 3.05) is 0 Å². The van der Waals surface area contributed by atoms with Gasteiger partial charge in [-0.1, -0.05) is 25.8 Å². The molecule has 0 unspecified atom stereocenters. The summed E-state index contributed by atoms with van der Waals surface area (Å²) in [6, 6.07) is 4.35. The summed E-state index contributed by atoms with van der Waals surface area (Å²) in [4.78, 5) is 10.3. The molecule has 0 amide bonds. The molecule has 0 aliphatic heterocycles. The molecule has 1 aromatic rings. The Labute approximate surface area is 84.8 Å². The Balaban J connectivity index is 0.000000424. The predicted octanol–water partition coefficient (Wildman–Crippen LogP) is 3.69. The molecular weight excluding hydrogens is 180 g/mol. The van der Waals surface area contributed by atoms with Crippen molar-refractivity contribution < 1.29 is 4.79 Å². The fourth-order valence-electron chi connectivity index (χ4n) is 1.00. The number of rotatable bonds is 4. The summed E-state index contributed by atoms with van der Waals surface area (Å²) in [7, 11) is 0. The van der Waals surface area contributed by atoms with Crippen LogP contribution >= 0.6 is 11.3 Å². The highest BCUT2D eigenvalue weighted by Crippen LogP contribution is 2.12. The van der Waals surface area contributed by atoms with Crippen LogP contribution in [0.15, 0.2) is 17.5 Å². The second kappa shape index (κ2) is 9.46. The third kappa shape index (κ3) is 7.72. The molecule has 1 nitrogen and oxygen atoms in total. The van der Waals surface area contributed by atoms with Crippen molar-refractivity contribution in [2.24, 2.45) is 0 Å². The summed E-state index contributed by atoms with van der Waals surface area (Å²) in [5.74, 6) is 0. The number of carbonyl (C=O) groups is 1. The molecule has 1 aromatic heterocycles. The lowest BCUT2D eigenvalue weighted by Crippen LogP contribution is -1.78. The summed E-state index contributed by atoms with van der Waals surface area (Å²) >= 11 is 1.87. The van der Waals surface area contributed by atoms with Crippen LogP contribution < -0.4 is 0 Å². The summed E-state index contributed by atoms with van der Waals surface area (Å²) in [6.45, 7) is 3.69. The number of unbranched alkanes of at least 4 members (excludes halogenated alkanes) is 2. The summed E-state index contributed by atoms with van der Waals surface area (Å²) in [5.41, 5.74) is 0. The molecule has 0 saturated carbocycles. The molecule has 0 atom stereocenters. The van der Waals surface area contributed by atoms with Gasteiger partial charge < -0.3 is 4.79 Å². The fourth-order valence-corrected chi connectivity index (χ4v) is 1.76. The number of aldehydes is 1. The topological polar surface area (TPSA) is 17.1 Å². The minimum absolute atomic E-state index is 0.750. The quantitative estimate of drug-likeness (QED) is 0.532. The number of hydrogen-bond acceptors (Lipinski definition) is 2. The molecule has 74 valence electrons. The van der Waals surface area contributed by atoms with Gasteiger partial charge in [0.1, 0.15) is 6.29 Å². The number of hydrogen-bond donors (Lipinski definition) is 0. The van der Waals surface area contributed by atoms with Gasteiger partial charge in [0, 0.05) is 4.88 Å². The normalized spacial score (nSPS) is 8.77. The molecule has 0 aliphatic rings. The molecule has 0 spiro atoms. The zero-order valence-corrected chi connectivity index (χ0v) is 9.27. The Hall–Kier alpha value is -0.630. The lowest BCUT2D eigenvalue weighted by atomic mass is 10.2. The highest BCUT2D eigenvalue weighted by atomic mass is 32.1. The first kappa shape index (κ1) is 12.4. The van der Waals surface area contributed by atoms with Crippen LogP contribution in [-0.4, -0.2) is 6.29 Å². The van der Waals surface area contributed by atoms with E-state index in [4.69, 9.17) is 4.79 Å². The summed E-state index contributed by atoms with van der Waals surface area (Å²) < 4.78 is 0. The van der Waals surface area contributed by atoms with Gasteiger partial charge in [0.25, 0.3) is 0 Å². The molecular formula is C11H18OS. The molecule has 0 aliphatic carbocycles. The lowest BCUT2D eigenvalue weighted by Gasteiger charge is -1.93. The molecule has 0 fully saturated rings. The van der Waals surface area contributed by atoms with E-state index >= 15 is 0 Å². The Morgan fingerprint density at radius 1 is 1.46 bits per heavy atom. The van der Waals surface area contributed by atoms with Crippen molar-refractivity contribution in [1.29, 1.82) is 0 Å². The number of aryl methyl sites for hydroxylation is 1. The van der Waals surface area contributed by atoms with Crippen LogP contribution in [-0.2, 0) is 11.2 Å². The van der Waals surface area contributed by atoms with Crippen molar-refractivity contribution in [2.45, 2.75) is 39.5 Å². The van der Waals surface area contributed by atoms with E-state index < -0.39 is 0 Å². The van der Waals surface area contributed by atoms with E-state index in [0.29, 0.717) is 0 Å². The van der Waals surface area contributed by atoms with E-state index in [1.807, 2.05) is 11.3 Å². The largest absolute Gasteiger partial charge is 0.304 e. The second-order valence-corrected chi connectivity index (χ2v) is 3.80. The Bertz CT molecular complexity index is 192. The van der Waals surface area contributed by atoms with E-state index in [2.05, 4.69) is 24.4 Å². The van der Waals surface area contributed by atoms with Crippen molar-refractivity contribution in [3.8, 4) is 0 Å². The number of thiophene rings is 1. The van der Waals surface area contributed by atoms with Gasteiger partial charge in [-0.3, -0.25) is 0 Å². The van der Waals surface area contributed by atoms with Crippen LogP contribution in [0.5, 0.6) is 0 Å². The van der Waals surface area contributed by atoms with Crippen molar-refractivity contribution in [3.05, 3.63) is 22.4 Å². The molecule has 1 heterocycles. The van der Waals surface area contributed by atoms with Gasteiger partial charge in [0.15, 0.2) is 0 Å². The van der Waals surface area contributed by atoms with E-state index in [9.17, 15) is 0 Å². The van der Waals surface area contributed by atoms with Gasteiger partial charge in [-0.05, 0) is 31.2 Å². The second-order valence-electron chi connectivity index (χ2n) is 2.77. The molecule has 0 aromatic carbocycles. The maximum absolute atomic E-state index is 8.81. The average Bonchev–Trinajstić information content (AvgIpc) is 2.59. The highest BCUT2D eigenvalue weighted by Gasteiger charge is 1.91. The monoisotopic (exact) mass is 198 g/mol. The van der Waals surface area contributed by atoms with E-state index in [1.54, 1.807) is 0 Å². The van der Waals surface area contributed by atoms with Gasteiger partial charge in [0.2, 0.25) is 0 Å². The highest BCUT2D eigenvalue weighted by molar-refractivity contribution is 7.09. The van der Waals surface area contributed by atoms with Gasteiger partial charge in [-0.25, -0.2) is 0 Å². The molecule has 2 heteroatoms. The smallest absolute Gasteiger partial charge is 0.116 e. The van der Waals surface area contributed by atoms with Crippen LogP contribution in [0.2, 0.25) is 0 Å². The zero-order chi connectivity index (χ0) is 9.94. The third-order valence-electron chi connectivity index (χ3n) is 1.61. The van der Waals surface area contributed by atoms with E-state index in [-0.39, 0.29) is 0 Å². The molecule has 0 saturated heterocycles. The first-order valence-corrected chi connectivity index (χ1v) is 5.65. The van der Waals surface area contributed by atoms with Crippen LogP contribution in [0, 0.1) is 0 Å². The zero-order valence-electron chi connectivity index (χ0n) is 8.45. The van der Waals surface area contributed by atoms with E-state index in [1.165, 1.54) is 37.5 Å². The molecule has 0 N–H and O–H groups in total. The van der Waals surface area contributed by atoms with Crippen LogP contribution in [0.4, 0.5) is 0 Å². The first-order valence-electron chi connectivity index (χ1n) is 4.77. The Morgan fingerprint density at radius 3 is 2.62 bits per heavy atom. The van der Waals surface area contributed by atoms with Gasteiger partial charge >= 0.3 is 0 Å². The Morgan fingerprint density at radius 2 is 2.15 bits per heavy atom. The van der Waals surface area contributed by atoms with Crippen LogP contribution in [0.3, 0.4) is 0 Å². The third-order valence-corrected chi connectivity index (χ3v) is 2.54. The number of carbonyl (C=O) groups excluding carboxylic acids is 1. The summed E-state index contributed by atoms with van der Waals surface area (Å²) in [6.07, 6.45) is 6.09. The van der Waals surface area contributed by atoms with Crippen molar-refractivity contribution >= 4 is 17.6 Å². The van der Waals surface area contributed by atoms with Crippen LogP contribution in [0.1, 0.15) is 38.0 Å². The minimum Gasteiger partial charge on any atom is -0.304 e. The lowest BCUT2D eigenvalue weighted by molar-refractivity contribution is -0.106. The van der Waals surface area contributed by atoms with Gasteiger partial charge in [-0.15, -0.1) is 11.3 Å². The minimum atomic E-state index is 0.750. The summed E-state index contributed by atoms with van der Waals surface area (Å²) in [5, 5.41) is 2.15. The molecule has 13 heavy (non-hydrogen) atoms. The standard InChI is InChI=1S/C9H14S.C2H4O/c1-2-3-4-6-9-7-5-8-10-9;1-2-3/h5,7-8H,2-4,6H2,1H3;2H,1H3. The molecule has 0 bridgehead atoms. The maximum atomic E-state index is 8.81. The fraction of sp³-hybridized carbons (Fsp3) is 0.545. The van der Waals surface area contributed by atoms with E-state index in [0.717, 1.165) is 6.29 Å². The average molecular weight is 198 g/mol. The Kier molecular flexibility index (Phi) is 9.00. The van der Waals surface area contributed by atoms with Crippen molar-refractivity contribution in [3.63, 3.8) is 0 Å². The van der Waals surface area contributed by atoms with Gasteiger partial charge in [-0.2, -0.15) is 0 Å². The van der Waals surface area contributed by atoms with Gasteiger partial charge in [0.05, 0.1) is 0 Å². The predicted molar refractivity (Wildman–Crippen MR) is 59.3 cm³/mol.